The van der Waals surface area contributed by atoms with Crippen molar-refractivity contribution in [3.8, 4) is 0 Å². The van der Waals surface area contributed by atoms with Gasteiger partial charge in [0.05, 0.1) is 89.4 Å². The predicted octanol–water partition coefficient (Wildman–Crippen LogP) is -9.93. The number of carboxylic acids is 2. The number of aliphatic hydroxyl groups is 22. The summed E-state index contributed by atoms with van der Waals surface area (Å²) < 4.78 is 99.4. The fourth-order valence-electron chi connectivity index (χ4n) is 18.8. The lowest BCUT2D eigenvalue weighted by molar-refractivity contribution is -0.391. The van der Waals surface area contributed by atoms with E-state index in [0.29, 0.717) is 32.7 Å². The Labute approximate surface area is 809 Å². The number of ether oxygens (including phenoxy) is 16. The van der Waals surface area contributed by atoms with Crippen LogP contribution >= 0.6 is 0 Å². The number of benzene rings is 5. The van der Waals surface area contributed by atoms with E-state index < -0.39 is 345 Å². The van der Waals surface area contributed by atoms with Crippen LogP contribution in [0.3, 0.4) is 0 Å². The lowest BCUT2D eigenvalue weighted by Crippen LogP contribution is -2.71. The van der Waals surface area contributed by atoms with Crippen LogP contribution in [0, 0.1) is 0 Å². The van der Waals surface area contributed by atoms with Gasteiger partial charge in [-0.15, -0.1) is 0 Å². The van der Waals surface area contributed by atoms with Crippen molar-refractivity contribution < 1.29 is 227 Å². The third kappa shape index (κ3) is 24.8. The Morgan fingerprint density at radius 2 is 0.718 bits per heavy atom. The van der Waals surface area contributed by atoms with Gasteiger partial charge in [-0.2, -0.15) is 0 Å². The standard InChI is InChI=1S/C92H126N4O46/c1-37-61(109)67(115)69(117)85(129-37)137-77-59(95-81(121)47-22-20-43-16-5-7-18-45(43)27-47)83(133-55(35-101)73(77)135-87-71(119)79(65(113)53(33-99)131-87)141-91(89(123)124)29-49(105)57(93-39(3)103)75(139-91)63(111)51(107)31-97)127-24-10-14-41-12-9-13-42(26-41)15-11-25-128-84-60(96-82(122)48-23-21-44-17-6-8-19-46(44)28-48)78(138-86-70(118)68(116)62(110)38(2)130-86)74(56(36-102)134-84)136-88-72(120)80(66(114)54(34-100)132-88)142-92(90(125)126)30-50(106)58(94-40(4)104)76(140-92)64(112)52(108)32-98/h5-9,12-13,16-23,26-28,37-38,49-80,83-88,97-102,105-120H,10-11,14-15,24-25,29-36H2,1-4H3,(H,93,103)(H,94,104)(H,95,121)(H,96,122)(H,123,124)(H,125,126)/t37-,38-,49-,50-,51+,52+,53+,54+,55+,56+,57+,58+,59+,60+,61+,62+,63+,64+,65-,66-,67+,68+,69-,70-,71+,72+,73+,74+,75+,76+,77+,78+,79-,80-,83+,84+,85-,86-,87+,88+,91-,92-/m0/s1. The SMILES string of the molecule is CC(=O)N[C@H]1[C@H]([C@H](O)[C@H](O)CO)O[C@@](O[C@H]2[C@@H](O)[C@@H](CO)O[C@H](O[C@H]3[C@H](O[C@@H]4O[C@@H](C)[C@@H](O)[C@@H](O)[C@@H]4O)[C@@H](NC(=O)c4ccc5ccccc5c4)[C@H](OCCCc4cccc(CCCO[C@@H]5O[C@H](CO)[C@@H](O[C@H]6O[C@H](CO)[C@H](O)[C@H](O[C@]7(C(=O)O)C[C@H](O)[C@@H](NC(C)=O)[C@H]([C@H](O)[C@H](O)CO)O7)[C@H]6O)[C@H](O[C@@H]6O[C@@H](C)[C@@H](O)[C@@H](O)[C@@H]6O)[C@H]5NC(=O)c5ccc6ccccc6c5)c4)O[C@@H]3CO)[C@@H]2O)(C(=O)O)C[C@@H]1O. The zero-order valence-corrected chi connectivity index (χ0v) is 77.1. The summed E-state index contributed by atoms with van der Waals surface area (Å²) >= 11 is 0. The van der Waals surface area contributed by atoms with E-state index in [1.54, 1.807) is 78.9 Å². The van der Waals surface area contributed by atoms with E-state index >= 15 is 9.59 Å². The van der Waals surface area contributed by atoms with Crippen molar-refractivity contribution in [1.29, 1.82) is 0 Å². The number of amides is 4. The van der Waals surface area contributed by atoms with Gasteiger partial charge in [-0.3, -0.25) is 19.2 Å². The van der Waals surface area contributed by atoms with E-state index in [-0.39, 0.29) is 50.0 Å². The highest BCUT2D eigenvalue weighted by molar-refractivity contribution is 6.00. The molecule has 8 aliphatic heterocycles. The Hall–Kier alpha value is -8.08. The number of aliphatic hydroxyl groups excluding tert-OH is 22. The second-order valence-electron chi connectivity index (χ2n) is 36.4. The fraction of sp³-hybridized carbons (Fsp3) is 0.652. The molecule has 28 N–H and O–H groups in total. The molecule has 5 aromatic rings. The summed E-state index contributed by atoms with van der Waals surface area (Å²) in [5, 5.41) is 282. The smallest absolute Gasteiger partial charge is 0.364 e. The predicted molar refractivity (Wildman–Crippen MR) is 471 cm³/mol. The second kappa shape index (κ2) is 48.7. The molecule has 0 aliphatic carbocycles. The Balaban J connectivity index is 0.759. The summed E-state index contributed by atoms with van der Waals surface area (Å²) in [6.07, 6.45) is -74.6. The highest BCUT2D eigenvalue weighted by atomic mass is 16.8. The highest BCUT2D eigenvalue weighted by Gasteiger charge is 2.65. The van der Waals surface area contributed by atoms with Gasteiger partial charge in [0.15, 0.2) is 37.7 Å². The van der Waals surface area contributed by atoms with Crippen LogP contribution in [0.1, 0.15) is 85.2 Å². The lowest BCUT2D eigenvalue weighted by Gasteiger charge is -2.51. The summed E-state index contributed by atoms with van der Waals surface area (Å²) in [5.74, 6) is -14.1. The van der Waals surface area contributed by atoms with Gasteiger partial charge in [0.1, 0.15) is 171 Å². The van der Waals surface area contributed by atoms with Gasteiger partial charge in [0, 0.05) is 37.8 Å². The number of hydrogen-bond donors (Lipinski definition) is 28. The Morgan fingerprint density at radius 3 is 1.06 bits per heavy atom. The molecule has 142 heavy (non-hydrogen) atoms. The Bertz CT molecular complexity index is 4710. The van der Waals surface area contributed by atoms with E-state index in [9.17, 15) is 142 Å². The third-order valence-corrected chi connectivity index (χ3v) is 26.5. The molecule has 5 aromatic carbocycles. The molecular weight excluding hydrogens is 1900 g/mol. The van der Waals surface area contributed by atoms with Crippen LogP contribution in [-0.2, 0) is 108 Å². The summed E-state index contributed by atoms with van der Waals surface area (Å²) in [4.78, 5) is 81.9. The molecule has 4 amide bonds. The van der Waals surface area contributed by atoms with E-state index in [2.05, 4.69) is 21.3 Å². The topological polar surface area (TPSA) is 784 Å². The average Bonchev–Trinajstić information content (AvgIpc) is 0.758. The molecule has 50 heteroatoms. The number of rotatable bonds is 40. The number of carboxylic acid groups (broad SMARTS) is 2. The number of hydrogen-bond acceptors (Lipinski definition) is 44. The Morgan fingerprint density at radius 1 is 0.373 bits per heavy atom. The van der Waals surface area contributed by atoms with Crippen LogP contribution in [0.4, 0.5) is 0 Å². The van der Waals surface area contributed by atoms with Crippen LogP contribution in [0.25, 0.3) is 21.5 Å². The first-order valence-electron chi connectivity index (χ1n) is 46.3. The highest BCUT2D eigenvalue weighted by Crippen LogP contribution is 2.44. The zero-order chi connectivity index (χ0) is 103. The molecule has 42 atom stereocenters. The molecule has 8 heterocycles. The fourth-order valence-corrected chi connectivity index (χ4v) is 18.8. The van der Waals surface area contributed by atoms with Gasteiger partial charge in [-0.25, -0.2) is 9.59 Å². The van der Waals surface area contributed by atoms with Crippen molar-refractivity contribution in [2.75, 3.05) is 52.9 Å². The van der Waals surface area contributed by atoms with E-state index in [0.717, 1.165) is 13.8 Å². The molecule has 8 saturated heterocycles. The van der Waals surface area contributed by atoms with E-state index in [1.807, 2.05) is 6.07 Å². The van der Waals surface area contributed by atoms with Crippen LogP contribution in [0.15, 0.2) is 109 Å². The largest absolute Gasteiger partial charge is 0.477 e. The molecule has 0 unspecified atom stereocenters. The minimum atomic E-state index is -3.26. The normalized spacial score (nSPS) is 38.7. The van der Waals surface area contributed by atoms with Crippen LogP contribution in [0.5, 0.6) is 0 Å². The summed E-state index contributed by atoms with van der Waals surface area (Å²) in [6, 6.07) is 23.5. The maximum atomic E-state index is 15.0. The zero-order valence-electron chi connectivity index (χ0n) is 77.1. The first-order chi connectivity index (χ1) is 67.6. The van der Waals surface area contributed by atoms with Crippen LogP contribution < -0.4 is 21.3 Å². The van der Waals surface area contributed by atoms with Gasteiger partial charge in [0.25, 0.3) is 23.4 Å². The van der Waals surface area contributed by atoms with Gasteiger partial charge < -0.3 is 220 Å². The van der Waals surface area contributed by atoms with Crippen molar-refractivity contribution >= 4 is 57.1 Å². The molecule has 50 nitrogen and oxygen atoms in total. The van der Waals surface area contributed by atoms with Gasteiger partial charge in [-0.05, 0) is 96.5 Å². The molecule has 0 aromatic heterocycles. The second-order valence-corrected chi connectivity index (χ2v) is 36.4. The number of carbonyl (C=O) groups excluding carboxylic acids is 4. The van der Waals surface area contributed by atoms with Gasteiger partial charge in [0.2, 0.25) is 11.8 Å². The van der Waals surface area contributed by atoms with E-state index in [4.69, 9.17) is 75.8 Å². The molecular formula is C92H126N4O46. The minimum absolute atomic E-state index is 0.0199. The molecule has 790 valence electrons. The summed E-state index contributed by atoms with van der Waals surface area (Å²) in [7, 11) is 0. The number of fused-ring (bicyclic) bond motifs is 2. The lowest BCUT2D eigenvalue weighted by atomic mass is 9.88. The molecule has 0 saturated carbocycles. The van der Waals surface area contributed by atoms with Crippen LogP contribution in [-0.4, -0.2) is 468 Å². The summed E-state index contributed by atoms with van der Waals surface area (Å²) in [5.41, 5.74) is 1.42. The number of aryl methyl sites for hydroxylation is 2. The van der Waals surface area contributed by atoms with Crippen LogP contribution in [0.2, 0.25) is 0 Å². The van der Waals surface area contributed by atoms with Crippen molar-refractivity contribution in [2.24, 2.45) is 0 Å². The molecule has 0 radical (unpaired) electrons. The quantitative estimate of drug-likeness (QED) is 0.0162. The minimum Gasteiger partial charge on any atom is -0.477 e. The monoisotopic (exact) mass is 2020 g/mol. The number of nitrogens with one attached hydrogen (secondary N) is 4. The van der Waals surface area contributed by atoms with Gasteiger partial charge >= 0.3 is 11.9 Å². The van der Waals surface area contributed by atoms with E-state index in [1.165, 1.54) is 38.1 Å². The Kier molecular flexibility index (Phi) is 38.1. The molecule has 8 fully saturated rings. The first kappa shape index (κ1) is 111. The van der Waals surface area contributed by atoms with Crippen molar-refractivity contribution in [1.82, 2.24) is 21.3 Å². The number of aliphatic carboxylic acids is 2. The van der Waals surface area contributed by atoms with Gasteiger partial charge in [-0.1, -0.05) is 84.9 Å². The first-order valence-corrected chi connectivity index (χ1v) is 46.3. The number of carbonyl (C=O) groups is 6. The maximum absolute atomic E-state index is 15.0. The third-order valence-electron chi connectivity index (χ3n) is 26.5. The average molecular weight is 2020 g/mol. The van der Waals surface area contributed by atoms with Crippen molar-refractivity contribution in [3.05, 3.63) is 131 Å². The molecule has 0 bridgehead atoms. The molecule has 8 aliphatic rings. The van der Waals surface area contributed by atoms with Crippen molar-refractivity contribution in [3.63, 3.8) is 0 Å². The summed E-state index contributed by atoms with van der Waals surface area (Å²) in [6.45, 7) is -2.74. The van der Waals surface area contributed by atoms with Crippen molar-refractivity contribution in [2.45, 2.75) is 323 Å². The molecule has 13 rings (SSSR count). The maximum Gasteiger partial charge on any atom is 0.364 e. The molecule has 0 spiro atoms.